The molecule has 0 aliphatic carbocycles. The maximum Gasteiger partial charge on any atom is 0.336 e. The Labute approximate surface area is 85.9 Å². The number of allylic oxidation sites excluding steroid dienone is 1. The highest BCUT2D eigenvalue weighted by Gasteiger charge is 2.36. The van der Waals surface area contributed by atoms with E-state index in [1.165, 1.54) is 14.0 Å². The van der Waals surface area contributed by atoms with Crippen LogP contribution in [0.2, 0.25) is 0 Å². The van der Waals surface area contributed by atoms with Gasteiger partial charge in [-0.2, -0.15) is 0 Å². The van der Waals surface area contributed by atoms with Crippen LogP contribution in [0.4, 0.5) is 0 Å². The van der Waals surface area contributed by atoms with Gasteiger partial charge in [-0.1, -0.05) is 0 Å². The second-order valence-corrected chi connectivity index (χ2v) is 3.15. The molecule has 0 bridgehead atoms. The van der Waals surface area contributed by atoms with Gasteiger partial charge in [-0.25, -0.2) is 4.79 Å². The van der Waals surface area contributed by atoms with Gasteiger partial charge in [-0.05, 0) is 6.92 Å². The zero-order valence-electron chi connectivity index (χ0n) is 8.33. The smallest absolute Gasteiger partial charge is 0.336 e. The van der Waals surface area contributed by atoms with Gasteiger partial charge in [0.05, 0.1) is 18.6 Å². The lowest BCUT2D eigenvalue weighted by Crippen LogP contribution is -2.31. The Morgan fingerprint density at radius 2 is 2.13 bits per heavy atom. The molecule has 0 spiro atoms. The van der Waals surface area contributed by atoms with Crippen LogP contribution in [0.1, 0.15) is 13.3 Å². The highest BCUT2D eigenvalue weighted by molar-refractivity contribution is 6.03. The highest BCUT2D eigenvalue weighted by atomic mass is 16.5. The molecule has 1 atom stereocenters. The number of nitrogens with one attached hydrogen (secondary N) is 1. The molecule has 0 saturated carbocycles. The lowest BCUT2D eigenvalue weighted by molar-refractivity contribution is -0.306. The van der Waals surface area contributed by atoms with E-state index in [0.29, 0.717) is 5.70 Å². The number of esters is 1. The summed E-state index contributed by atoms with van der Waals surface area (Å²) in [4.78, 5) is 33.0. The van der Waals surface area contributed by atoms with Crippen LogP contribution in [-0.2, 0) is 19.1 Å². The molecule has 0 radical (unpaired) electrons. The molecule has 0 saturated heterocycles. The number of methoxy groups -OCH3 is 1. The summed E-state index contributed by atoms with van der Waals surface area (Å²) in [5.74, 6) is -3.61. The molecular formula is C9H10NO5-. The molecule has 0 aromatic carbocycles. The van der Waals surface area contributed by atoms with Crippen LogP contribution in [0.5, 0.6) is 0 Å². The third-order valence-electron chi connectivity index (χ3n) is 2.16. The van der Waals surface area contributed by atoms with E-state index in [1.807, 2.05) is 0 Å². The first kappa shape index (κ1) is 11.2. The quantitative estimate of drug-likeness (QED) is 0.564. The van der Waals surface area contributed by atoms with Gasteiger partial charge in [0.1, 0.15) is 0 Å². The molecule has 0 unspecified atom stereocenters. The van der Waals surface area contributed by atoms with Gasteiger partial charge >= 0.3 is 5.97 Å². The molecule has 82 valence electrons. The summed E-state index contributed by atoms with van der Waals surface area (Å²) >= 11 is 0. The maximum atomic E-state index is 11.3. The highest BCUT2D eigenvalue weighted by Crippen LogP contribution is 2.25. The first-order chi connectivity index (χ1) is 6.97. The third-order valence-corrected chi connectivity index (χ3v) is 2.16. The zero-order valence-corrected chi connectivity index (χ0v) is 8.33. The van der Waals surface area contributed by atoms with Gasteiger partial charge in [-0.15, -0.1) is 0 Å². The van der Waals surface area contributed by atoms with Crippen LogP contribution in [0.15, 0.2) is 11.3 Å². The number of carbonyl (C=O) groups is 3. The number of carboxylic acids is 1. The number of hydrogen-bond acceptors (Lipinski definition) is 5. The van der Waals surface area contributed by atoms with Crippen molar-refractivity contribution >= 4 is 17.8 Å². The normalized spacial score (nSPS) is 20.1. The number of amides is 1. The summed E-state index contributed by atoms with van der Waals surface area (Å²) < 4.78 is 4.46. The fourth-order valence-electron chi connectivity index (χ4n) is 1.50. The van der Waals surface area contributed by atoms with E-state index in [0.717, 1.165) is 0 Å². The molecule has 1 rings (SSSR count). The predicted octanol–water partition coefficient (Wildman–Crippen LogP) is -1.68. The van der Waals surface area contributed by atoms with E-state index >= 15 is 0 Å². The molecule has 1 amide bonds. The fraction of sp³-hybridized carbons (Fsp3) is 0.444. The van der Waals surface area contributed by atoms with Gasteiger partial charge in [-0.3, -0.25) is 4.79 Å². The van der Waals surface area contributed by atoms with Crippen molar-refractivity contribution in [2.24, 2.45) is 5.92 Å². The Morgan fingerprint density at radius 3 is 2.60 bits per heavy atom. The van der Waals surface area contributed by atoms with Gasteiger partial charge in [0, 0.05) is 18.1 Å². The first-order valence-corrected chi connectivity index (χ1v) is 4.27. The summed E-state index contributed by atoms with van der Waals surface area (Å²) in [5, 5.41) is 12.8. The summed E-state index contributed by atoms with van der Waals surface area (Å²) in [6.45, 7) is 1.51. The van der Waals surface area contributed by atoms with Crippen molar-refractivity contribution in [2.75, 3.05) is 7.11 Å². The van der Waals surface area contributed by atoms with E-state index in [-0.39, 0.29) is 5.57 Å². The molecule has 1 N–H and O–H groups in total. The number of carboxylic acid groups (broad SMARTS) is 1. The van der Waals surface area contributed by atoms with Crippen molar-refractivity contribution in [3.05, 3.63) is 11.3 Å². The molecule has 1 aliphatic rings. The minimum atomic E-state index is -1.38. The molecule has 0 fully saturated rings. The monoisotopic (exact) mass is 212 g/mol. The number of hydrogen-bond donors (Lipinski definition) is 1. The molecule has 0 aromatic rings. The Kier molecular flexibility index (Phi) is 3.08. The number of carbonyl (C=O) groups excluding carboxylic acids is 3. The van der Waals surface area contributed by atoms with Crippen LogP contribution < -0.4 is 10.4 Å². The molecule has 6 nitrogen and oxygen atoms in total. The molecule has 1 heterocycles. The van der Waals surface area contributed by atoms with E-state index in [1.54, 1.807) is 0 Å². The fourth-order valence-corrected chi connectivity index (χ4v) is 1.50. The SMILES string of the molecule is COC(=O)C1=C(C)NC(=O)[C@@H]1CC(=O)[O-]. The Hall–Kier alpha value is -1.85. The van der Waals surface area contributed by atoms with E-state index in [9.17, 15) is 19.5 Å². The van der Waals surface area contributed by atoms with Gasteiger partial charge < -0.3 is 20.0 Å². The topological polar surface area (TPSA) is 95.5 Å². The second-order valence-electron chi connectivity index (χ2n) is 3.15. The number of ether oxygens (including phenoxy) is 1. The Bertz CT molecular complexity index is 358. The Balaban J connectivity index is 2.97. The van der Waals surface area contributed by atoms with Crippen LogP contribution in [0.3, 0.4) is 0 Å². The van der Waals surface area contributed by atoms with Gasteiger partial charge in [0.25, 0.3) is 0 Å². The summed E-state index contributed by atoms with van der Waals surface area (Å²) in [6.07, 6.45) is -0.520. The number of rotatable bonds is 3. The van der Waals surface area contributed by atoms with Crippen LogP contribution in [-0.4, -0.2) is 25.0 Å². The average molecular weight is 212 g/mol. The minimum absolute atomic E-state index is 0.0618. The van der Waals surface area contributed by atoms with Crippen molar-refractivity contribution in [3.8, 4) is 0 Å². The lowest BCUT2D eigenvalue weighted by Gasteiger charge is -2.11. The largest absolute Gasteiger partial charge is 0.550 e. The molecule has 6 heteroatoms. The van der Waals surface area contributed by atoms with Crippen molar-refractivity contribution in [1.29, 1.82) is 0 Å². The minimum Gasteiger partial charge on any atom is -0.550 e. The van der Waals surface area contributed by atoms with Crippen molar-refractivity contribution in [2.45, 2.75) is 13.3 Å². The van der Waals surface area contributed by atoms with E-state index < -0.39 is 30.2 Å². The zero-order chi connectivity index (χ0) is 11.6. The third kappa shape index (κ3) is 2.15. The van der Waals surface area contributed by atoms with Gasteiger partial charge in [0.15, 0.2) is 0 Å². The maximum absolute atomic E-state index is 11.3. The van der Waals surface area contributed by atoms with Crippen molar-refractivity contribution < 1.29 is 24.2 Å². The standard InChI is InChI=1S/C9H11NO5/c1-4-7(9(14)15-2)5(3-6(11)12)8(13)10-4/h5H,3H2,1-2H3,(H,10,13)(H,11,12)/p-1/t5-/m1/s1. The van der Waals surface area contributed by atoms with Crippen LogP contribution >= 0.6 is 0 Å². The summed E-state index contributed by atoms with van der Waals surface area (Å²) in [5.41, 5.74) is 0.393. The molecule has 0 aromatic heterocycles. The predicted molar refractivity (Wildman–Crippen MR) is 46.0 cm³/mol. The molecule has 1 aliphatic heterocycles. The summed E-state index contributed by atoms with van der Waals surface area (Å²) in [6, 6.07) is 0. The van der Waals surface area contributed by atoms with Crippen LogP contribution in [0.25, 0.3) is 0 Å². The number of aliphatic carboxylic acids is 1. The summed E-state index contributed by atoms with van der Waals surface area (Å²) in [7, 11) is 1.17. The van der Waals surface area contributed by atoms with Crippen molar-refractivity contribution in [3.63, 3.8) is 0 Å². The average Bonchev–Trinajstić information content (AvgIpc) is 2.40. The molecule has 15 heavy (non-hydrogen) atoms. The first-order valence-electron chi connectivity index (χ1n) is 4.27. The lowest BCUT2D eigenvalue weighted by atomic mass is 9.97. The molecular weight excluding hydrogens is 202 g/mol. The Morgan fingerprint density at radius 1 is 1.53 bits per heavy atom. The van der Waals surface area contributed by atoms with Crippen LogP contribution in [0, 0.1) is 5.92 Å². The van der Waals surface area contributed by atoms with Gasteiger partial charge in [0.2, 0.25) is 5.91 Å². The second kappa shape index (κ2) is 4.12. The van der Waals surface area contributed by atoms with E-state index in [4.69, 9.17) is 0 Å². The van der Waals surface area contributed by atoms with Crippen molar-refractivity contribution in [1.82, 2.24) is 5.32 Å². The van der Waals surface area contributed by atoms with E-state index in [2.05, 4.69) is 10.1 Å².